The molecule has 114 valence electrons. The maximum absolute atomic E-state index is 11.8. The van der Waals surface area contributed by atoms with Crippen molar-refractivity contribution in [3.8, 4) is 11.5 Å². The number of phosphoric acid groups is 1. The summed E-state index contributed by atoms with van der Waals surface area (Å²) >= 11 is 5.76. The second-order valence-electron chi connectivity index (χ2n) is 3.66. The molecule has 0 N–H and O–H groups in total. The van der Waals surface area contributed by atoms with Crippen LogP contribution in [0.3, 0.4) is 0 Å². The number of phosphoric ester groups is 1. The first-order chi connectivity index (χ1) is 9.58. The van der Waals surface area contributed by atoms with Crippen LogP contribution >= 0.6 is 19.4 Å². The van der Waals surface area contributed by atoms with Crippen molar-refractivity contribution in [1.29, 1.82) is 0 Å². The highest BCUT2D eigenvalue weighted by molar-refractivity contribution is 7.48. The Labute approximate surface area is 123 Å². The number of rotatable bonds is 9. The molecule has 1 aromatic carbocycles. The van der Waals surface area contributed by atoms with Crippen molar-refractivity contribution in [2.24, 2.45) is 0 Å². The fourth-order valence-electron chi connectivity index (χ4n) is 1.37. The molecule has 0 bridgehead atoms. The Kier molecular flexibility index (Phi) is 7.34. The van der Waals surface area contributed by atoms with Gasteiger partial charge >= 0.3 is 7.82 Å². The summed E-state index contributed by atoms with van der Waals surface area (Å²) in [5.41, 5.74) is 0. The van der Waals surface area contributed by atoms with Crippen molar-refractivity contribution in [2.45, 2.75) is 6.10 Å². The average Bonchev–Trinajstić information content (AvgIpc) is 2.51. The Morgan fingerprint density at radius 2 is 1.75 bits per heavy atom. The minimum atomic E-state index is -3.59. The van der Waals surface area contributed by atoms with E-state index in [4.69, 9.17) is 25.6 Å². The minimum absolute atomic E-state index is 0.0753. The quantitative estimate of drug-likeness (QED) is 0.514. The van der Waals surface area contributed by atoms with E-state index in [1.807, 2.05) is 12.1 Å². The fourth-order valence-corrected chi connectivity index (χ4v) is 2.43. The van der Waals surface area contributed by atoms with Crippen LogP contribution in [0, 0.1) is 0 Å². The van der Waals surface area contributed by atoms with Crippen LogP contribution in [0.2, 0.25) is 0 Å². The van der Waals surface area contributed by atoms with Crippen LogP contribution in [0.25, 0.3) is 0 Å². The number of benzene rings is 1. The van der Waals surface area contributed by atoms with E-state index in [1.54, 1.807) is 19.2 Å². The van der Waals surface area contributed by atoms with Gasteiger partial charge in [0.05, 0.1) is 13.0 Å². The molecule has 1 unspecified atom stereocenters. The number of hydrogen-bond acceptors (Lipinski definition) is 6. The van der Waals surface area contributed by atoms with Crippen LogP contribution < -0.4 is 9.47 Å². The van der Waals surface area contributed by atoms with E-state index < -0.39 is 13.9 Å². The molecule has 1 atom stereocenters. The van der Waals surface area contributed by atoms with Gasteiger partial charge in [-0.1, -0.05) is 12.1 Å². The van der Waals surface area contributed by atoms with Crippen LogP contribution in [-0.2, 0) is 18.1 Å². The summed E-state index contributed by atoms with van der Waals surface area (Å²) in [4.78, 5) is 0. The van der Waals surface area contributed by atoms with Gasteiger partial charge < -0.3 is 9.47 Å². The standard InChI is InChI=1S/C12H18ClO6P/c1-15-11-6-4-5-7-12(11)18-9-10(8-13)19-20(14,16-2)17-3/h4-7,10H,8-9H2,1-3H3. The van der Waals surface area contributed by atoms with Crippen LogP contribution in [0.5, 0.6) is 11.5 Å². The van der Waals surface area contributed by atoms with Gasteiger partial charge in [-0.25, -0.2) is 4.57 Å². The maximum atomic E-state index is 11.8. The largest absolute Gasteiger partial charge is 0.493 e. The Bertz CT molecular complexity index is 447. The van der Waals surface area contributed by atoms with E-state index in [0.29, 0.717) is 11.5 Å². The van der Waals surface area contributed by atoms with Gasteiger partial charge in [0, 0.05) is 14.2 Å². The third kappa shape index (κ3) is 4.96. The Morgan fingerprint density at radius 1 is 1.15 bits per heavy atom. The van der Waals surface area contributed by atoms with E-state index in [0.717, 1.165) is 0 Å². The molecular formula is C12H18ClO6P. The fraction of sp³-hybridized carbons (Fsp3) is 0.500. The first-order valence-electron chi connectivity index (χ1n) is 5.80. The molecule has 6 nitrogen and oxygen atoms in total. The monoisotopic (exact) mass is 324 g/mol. The molecule has 0 amide bonds. The number of hydrogen-bond donors (Lipinski definition) is 0. The predicted molar refractivity (Wildman–Crippen MR) is 75.7 cm³/mol. The van der Waals surface area contributed by atoms with Crippen molar-refractivity contribution < 1.29 is 27.6 Å². The first kappa shape index (κ1) is 17.3. The molecule has 0 aliphatic heterocycles. The molecule has 0 saturated carbocycles. The van der Waals surface area contributed by atoms with Crippen molar-refractivity contribution >= 4 is 19.4 Å². The first-order valence-corrected chi connectivity index (χ1v) is 7.79. The number of halogens is 1. The van der Waals surface area contributed by atoms with E-state index in [9.17, 15) is 4.57 Å². The average molecular weight is 325 g/mol. The second-order valence-corrected chi connectivity index (χ2v) is 5.80. The number of methoxy groups -OCH3 is 1. The number of ether oxygens (including phenoxy) is 2. The van der Waals surface area contributed by atoms with Gasteiger partial charge in [-0.2, -0.15) is 0 Å². The summed E-state index contributed by atoms with van der Waals surface area (Å²) < 4.78 is 37.1. The molecule has 0 radical (unpaired) electrons. The molecule has 1 aromatic rings. The molecule has 1 rings (SSSR count). The summed E-state index contributed by atoms with van der Waals surface area (Å²) in [6.07, 6.45) is -0.646. The summed E-state index contributed by atoms with van der Waals surface area (Å²) in [6.45, 7) is 0.0839. The molecule has 0 spiro atoms. The van der Waals surface area contributed by atoms with Crippen LogP contribution in [-0.4, -0.2) is 39.9 Å². The minimum Gasteiger partial charge on any atom is -0.493 e. The predicted octanol–water partition coefficient (Wildman–Crippen LogP) is 3.10. The van der Waals surface area contributed by atoms with Gasteiger partial charge in [-0.05, 0) is 12.1 Å². The smallest absolute Gasteiger partial charge is 0.474 e. The zero-order valence-corrected chi connectivity index (χ0v) is 13.2. The van der Waals surface area contributed by atoms with E-state index >= 15 is 0 Å². The van der Waals surface area contributed by atoms with Crippen LogP contribution in [0.15, 0.2) is 24.3 Å². The third-order valence-electron chi connectivity index (χ3n) is 2.39. The van der Waals surface area contributed by atoms with Crippen molar-refractivity contribution in [3.05, 3.63) is 24.3 Å². The normalized spacial score (nSPS) is 13.0. The number of alkyl halides is 1. The van der Waals surface area contributed by atoms with Crippen LogP contribution in [0.4, 0.5) is 0 Å². The summed E-state index contributed by atoms with van der Waals surface area (Å²) in [5.74, 6) is 1.20. The van der Waals surface area contributed by atoms with Crippen molar-refractivity contribution in [3.63, 3.8) is 0 Å². The lowest BCUT2D eigenvalue weighted by Gasteiger charge is -2.20. The van der Waals surface area contributed by atoms with Gasteiger partial charge in [0.1, 0.15) is 12.7 Å². The lowest BCUT2D eigenvalue weighted by atomic mass is 10.3. The topological polar surface area (TPSA) is 63.2 Å². The molecule has 20 heavy (non-hydrogen) atoms. The lowest BCUT2D eigenvalue weighted by molar-refractivity contribution is 0.0831. The van der Waals surface area contributed by atoms with E-state index in [-0.39, 0.29) is 12.5 Å². The zero-order valence-electron chi connectivity index (χ0n) is 11.6. The van der Waals surface area contributed by atoms with Crippen molar-refractivity contribution in [1.82, 2.24) is 0 Å². The van der Waals surface area contributed by atoms with Crippen molar-refractivity contribution in [2.75, 3.05) is 33.8 Å². The molecule has 0 aromatic heterocycles. The highest BCUT2D eigenvalue weighted by Crippen LogP contribution is 2.48. The molecule has 0 heterocycles. The second kappa shape index (κ2) is 8.49. The molecule has 0 saturated heterocycles. The lowest BCUT2D eigenvalue weighted by Crippen LogP contribution is -2.23. The van der Waals surface area contributed by atoms with E-state index in [2.05, 4.69) is 9.05 Å². The highest BCUT2D eigenvalue weighted by atomic mass is 35.5. The van der Waals surface area contributed by atoms with Crippen LogP contribution in [0.1, 0.15) is 0 Å². The summed E-state index contributed by atoms with van der Waals surface area (Å²) in [7, 11) is 0.419. The molecule has 0 aliphatic rings. The molecular weight excluding hydrogens is 307 g/mol. The Balaban J connectivity index is 2.63. The summed E-state index contributed by atoms with van der Waals surface area (Å²) in [6, 6.07) is 7.15. The van der Waals surface area contributed by atoms with E-state index in [1.165, 1.54) is 14.2 Å². The Hall–Kier alpha value is -0.780. The van der Waals surface area contributed by atoms with Gasteiger partial charge in [-0.3, -0.25) is 13.6 Å². The zero-order chi connectivity index (χ0) is 15.0. The molecule has 0 fully saturated rings. The molecule has 0 aliphatic carbocycles. The van der Waals surface area contributed by atoms with Gasteiger partial charge in [0.2, 0.25) is 0 Å². The van der Waals surface area contributed by atoms with Gasteiger partial charge in [-0.15, -0.1) is 11.6 Å². The maximum Gasteiger partial charge on any atom is 0.474 e. The summed E-state index contributed by atoms with van der Waals surface area (Å²) in [5, 5.41) is 0. The molecule has 8 heteroatoms. The van der Waals surface area contributed by atoms with Gasteiger partial charge in [0.15, 0.2) is 11.5 Å². The number of para-hydroxylation sites is 2. The Morgan fingerprint density at radius 3 is 2.25 bits per heavy atom. The van der Waals surface area contributed by atoms with Gasteiger partial charge in [0.25, 0.3) is 0 Å². The highest BCUT2D eigenvalue weighted by Gasteiger charge is 2.28. The SMILES string of the molecule is COc1ccccc1OCC(CCl)OP(=O)(OC)OC. The third-order valence-corrected chi connectivity index (χ3v) is 4.19.